The van der Waals surface area contributed by atoms with E-state index < -0.39 is 5.54 Å². The summed E-state index contributed by atoms with van der Waals surface area (Å²) >= 11 is 0. The van der Waals surface area contributed by atoms with Gasteiger partial charge in [0.25, 0.3) is 5.89 Å². The number of rotatable bonds is 2. The van der Waals surface area contributed by atoms with Crippen LogP contribution < -0.4 is 11.2 Å². The molecule has 2 heterocycles. The number of hydrogen-bond acceptors (Lipinski definition) is 5. The third-order valence-corrected chi connectivity index (χ3v) is 4.33. The Morgan fingerprint density at radius 3 is 2.81 bits per heavy atom. The monoisotopic (exact) mass is 288 g/mol. The van der Waals surface area contributed by atoms with Gasteiger partial charge in [-0.1, -0.05) is 12.1 Å². The molecule has 3 N–H and O–H groups in total. The number of H-pyrrole nitrogens is 1. The lowest BCUT2D eigenvalue weighted by Crippen LogP contribution is -2.41. The van der Waals surface area contributed by atoms with Crippen LogP contribution in [0.25, 0.3) is 11.5 Å². The molecule has 6 heteroatoms. The Kier molecular flexibility index (Phi) is 3.41. The summed E-state index contributed by atoms with van der Waals surface area (Å²) in [7, 11) is 0. The highest BCUT2D eigenvalue weighted by Gasteiger charge is 2.36. The number of nitrogens with one attached hydrogen (secondary N) is 1. The summed E-state index contributed by atoms with van der Waals surface area (Å²) < 4.78 is 5.26. The van der Waals surface area contributed by atoms with E-state index in [-0.39, 0.29) is 11.3 Å². The highest BCUT2D eigenvalue weighted by molar-refractivity contribution is 5.51. The van der Waals surface area contributed by atoms with Crippen LogP contribution in [0.4, 0.5) is 0 Å². The lowest BCUT2D eigenvalue weighted by atomic mass is 9.77. The average Bonchev–Trinajstić information content (AvgIpc) is 2.92. The summed E-state index contributed by atoms with van der Waals surface area (Å²) in [5, 5.41) is 4.01. The van der Waals surface area contributed by atoms with E-state index in [2.05, 4.69) is 22.0 Å². The van der Waals surface area contributed by atoms with Crippen molar-refractivity contribution < 1.29 is 4.52 Å². The first-order valence-electron chi connectivity index (χ1n) is 7.31. The predicted octanol–water partition coefficient (Wildman–Crippen LogP) is 2.10. The second-order valence-corrected chi connectivity index (χ2v) is 6.16. The minimum Gasteiger partial charge on any atom is -0.364 e. The third kappa shape index (κ3) is 2.63. The summed E-state index contributed by atoms with van der Waals surface area (Å²) in [5.74, 6) is 1.42. The first kappa shape index (κ1) is 14.0. The molecule has 2 aromatic rings. The molecule has 1 saturated carbocycles. The van der Waals surface area contributed by atoms with Crippen molar-refractivity contribution in [3.05, 3.63) is 34.0 Å². The predicted molar refractivity (Wildman–Crippen MR) is 78.6 cm³/mol. The Morgan fingerprint density at radius 1 is 1.43 bits per heavy atom. The van der Waals surface area contributed by atoms with Gasteiger partial charge in [-0.05, 0) is 38.5 Å². The van der Waals surface area contributed by atoms with Crippen molar-refractivity contribution >= 4 is 0 Å². The van der Waals surface area contributed by atoms with E-state index in [9.17, 15) is 4.79 Å². The van der Waals surface area contributed by atoms with Crippen molar-refractivity contribution in [2.75, 3.05) is 0 Å². The Balaban J connectivity index is 1.91. The molecular formula is C15H20N4O2. The highest BCUT2D eigenvalue weighted by atomic mass is 16.5. The number of hydrogen-bond donors (Lipinski definition) is 2. The molecule has 0 spiro atoms. The molecule has 1 aliphatic rings. The van der Waals surface area contributed by atoms with Gasteiger partial charge in [0.15, 0.2) is 11.3 Å². The molecule has 21 heavy (non-hydrogen) atoms. The number of aromatic amines is 1. The van der Waals surface area contributed by atoms with Crippen molar-refractivity contribution in [2.45, 2.75) is 45.1 Å². The highest BCUT2D eigenvalue weighted by Crippen LogP contribution is 2.36. The molecule has 0 unspecified atom stereocenters. The Morgan fingerprint density at radius 2 is 2.14 bits per heavy atom. The largest absolute Gasteiger partial charge is 0.364 e. The zero-order valence-electron chi connectivity index (χ0n) is 12.3. The zero-order chi connectivity index (χ0) is 15.0. The van der Waals surface area contributed by atoms with Crippen molar-refractivity contribution in [3.8, 4) is 11.5 Å². The van der Waals surface area contributed by atoms with Crippen LogP contribution in [0.2, 0.25) is 0 Å². The first-order chi connectivity index (χ1) is 9.98. The van der Waals surface area contributed by atoms with Gasteiger partial charge in [-0.2, -0.15) is 4.98 Å². The van der Waals surface area contributed by atoms with E-state index in [1.54, 1.807) is 6.20 Å². The van der Waals surface area contributed by atoms with Crippen molar-refractivity contribution in [3.63, 3.8) is 0 Å². The number of aryl methyl sites for hydroxylation is 1. The smallest absolute Gasteiger partial charge is 0.263 e. The summed E-state index contributed by atoms with van der Waals surface area (Å²) in [6.07, 6.45) is 5.41. The lowest BCUT2D eigenvalue weighted by Gasteiger charge is -2.33. The van der Waals surface area contributed by atoms with Crippen molar-refractivity contribution in [1.82, 2.24) is 15.1 Å². The van der Waals surface area contributed by atoms with E-state index in [4.69, 9.17) is 10.3 Å². The van der Waals surface area contributed by atoms with Crippen LogP contribution in [0.15, 0.2) is 21.6 Å². The zero-order valence-corrected chi connectivity index (χ0v) is 12.3. The Hall–Kier alpha value is -1.95. The molecule has 0 atom stereocenters. The van der Waals surface area contributed by atoms with E-state index in [0.29, 0.717) is 17.3 Å². The van der Waals surface area contributed by atoms with Crippen molar-refractivity contribution in [2.24, 2.45) is 11.7 Å². The Labute approximate surface area is 122 Å². The third-order valence-electron chi connectivity index (χ3n) is 4.33. The summed E-state index contributed by atoms with van der Waals surface area (Å²) in [6.45, 7) is 4.05. The lowest BCUT2D eigenvalue weighted by molar-refractivity contribution is 0.230. The summed E-state index contributed by atoms with van der Waals surface area (Å²) in [4.78, 5) is 19.3. The van der Waals surface area contributed by atoms with Gasteiger partial charge < -0.3 is 15.2 Å². The molecule has 6 nitrogen and oxygen atoms in total. The van der Waals surface area contributed by atoms with Crippen LogP contribution in [-0.2, 0) is 5.54 Å². The molecule has 0 aromatic carbocycles. The maximum Gasteiger partial charge on any atom is 0.263 e. The van der Waals surface area contributed by atoms with Crippen LogP contribution >= 0.6 is 0 Å². The molecular weight excluding hydrogens is 268 g/mol. The molecule has 0 aliphatic heterocycles. The molecule has 1 fully saturated rings. The van der Waals surface area contributed by atoms with E-state index in [1.807, 2.05) is 6.92 Å². The molecule has 2 aromatic heterocycles. The van der Waals surface area contributed by atoms with Gasteiger partial charge >= 0.3 is 0 Å². The van der Waals surface area contributed by atoms with Gasteiger partial charge in [0.2, 0.25) is 0 Å². The topological polar surface area (TPSA) is 97.8 Å². The first-order valence-corrected chi connectivity index (χ1v) is 7.31. The second-order valence-electron chi connectivity index (χ2n) is 6.16. The quantitative estimate of drug-likeness (QED) is 0.881. The maximum atomic E-state index is 12.0. The Bertz CT molecular complexity index is 696. The molecule has 0 bridgehead atoms. The molecule has 3 rings (SSSR count). The van der Waals surface area contributed by atoms with Crippen LogP contribution in [0, 0.1) is 12.8 Å². The van der Waals surface area contributed by atoms with E-state index in [0.717, 1.165) is 31.4 Å². The van der Waals surface area contributed by atoms with Gasteiger partial charge in [-0.15, -0.1) is 0 Å². The normalized spacial score (nSPS) is 26.0. The summed E-state index contributed by atoms with van der Waals surface area (Å²) in [6, 6.07) is 1.51. The van der Waals surface area contributed by atoms with E-state index in [1.165, 1.54) is 6.07 Å². The van der Waals surface area contributed by atoms with Gasteiger partial charge in [0.1, 0.15) is 5.56 Å². The molecule has 0 saturated heterocycles. The van der Waals surface area contributed by atoms with Crippen LogP contribution in [0.1, 0.15) is 44.1 Å². The number of aromatic nitrogens is 3. The standard InChI is InChI=1S/C15H20N4O2/c1-9-3-5-15(16,6-4-9)14-18-13(21-19-14)11-8-17-10(2)7-12(11)20/h7-9H,3-6,16H2,1-2H3,(H,17,20). The number of nitrogens with two attached hydrogens (primary N) is 1. The SMILES string of the molecule is Cc1cc(=O)c(-c2nc(C3(N)CCC(C)CC3)no2)c[nH]1. The van der Waals surface area contributed by atoms with Crippen LogP contribution in [0.5, 0.6) is 0 Å². The van der Waals surface area contributed by atoms with E-state index >= 15 is 0 Å². The van der Waals surface area contributed by atoms with Crippen LogP contribution in [0.3, 0.4) is 0 Å². The maximum absolute atomic E-state index is 12.0. The fourth-order valence-electron chi connectivity index (χ4n) is 2.78. The van der Waals surface area contributed by atoms with Crippen LogP contribution in [-0.4, -0.2) is 15.1 Å². The molecule has 112 valence electrons. The number of pyridine rings is 1. The molecule has 1 aliphatic carbocycles. The minimum atomic E-state index is -0.536. The average molecular weight is 288 g/mol. The van der Waals surface area contributed by atoms with Gasteiger partial charge in [-0.25, -0.2) is 0 Å². The molecule has 0 radical (unpaired) electrons. The minimum absolute atomic E-state index is 0.134. The van der Waals surface area contributed by atoms with Gasteiger partial charge in [0.05, 0.1) is 5.54 Å². The second kappa shape index (κ2) is 5.11. The molecule has 0 amide bonds. The van der Waals surface area contributed by atoms with Gasteiger partial charge in [-0.3, -0.25) is 4.79 Å². The number of nitrogens with zero attached hydrogens (tertiary/aromatic N) is 2. The summed E-state index contributed by atoms with van der Waals surface area (Å²) in [5.41, 5.74) is 6.93. The fraction of sp³-hybridized carbons (Fsp3) is 0.533. The fourth-order valence-corrected chi connectivity index (χ4v) is 2.78. The van der Waals surface area contributed by atoms with Gasteiger partial charge in [0, 0.05) is 18.0 Å². The van der Waals surface area contributed by atoms with Crippen molar-refractivity contribution in [1.29, 1.82) is 0 Å².